The molecule has 0 fully saturated rings. The predicted molar refractivity (Wildman–Crippen MR) is 82.3 cm³/mol. The number of alkyl halides is 1. The molecule has 0 aliphatic heterocycles. The second kappa shape index (κ2) is 9.73. The number of hydrogen-bond donors (Lipinski definition) is 0. The number of rotatable bonds is 9. The van der Waals surface area contributed by atoms with E-state index in [1.807, 2.05) is 13.0 Å². The van der Waals surface area contributed by atoms with E-state index in [2.05, 4.69) is 13.0 Å². The molecule has 0 aromatic heterocycles. The van der Waals surface area contributed by atoms with E-state index in [0.717, 1.165) is 24.8 Å². The van der Waals surface area contributed by atoms with E-state index in [1.54, 1.807) is 20.8 Å². The highest BCUT2D eigenvalue weighted by Crippen LogP contribution is 2.21. The standard InChI is InChI=1S/C17H29FO2/c1-6-20-16(19)13-15(3)10-7-9-14(2)11-8-12-17(4,5)18/h7,10,13-14H,6,8-9,11-12H2,1-5H3/b10-7+,15-13+. The molecule has 0 rings (SSSR count). The molecule has 20 heavy (non-hydrogen) atoms. The maximum Gasteiger partial charge on any atom is 0.330 e. The van der Waals surface area contributed by atoms with E-state index in [9.17, 15) is 9.18 Å². The quantitative estimate of drug-likeness (QED) is 0.338. The number of esters is 1. The van der Waals surface area contributed by atoms with Crippen LogP contribution in [-0.4, -0.2) is 18.2 Å². The van der Waals surface area contributed by atoms with Crippen LogP contribution in [0.25, 0.3) is 0 Å². The van der Waals surface area contributed by atoms with E-state index in [0.29, 0.717) is 18.9 Å². The zero-order valence-corrected chi connectivity index (χ0v) is 13.5. The van der Waals surface area contributed by atoms with Crippen molar-refractivity contribution in [3.63, 3.8) is 0 Å². The highest BCUT2D eigenvalue weighted by atomic mass is 19.1. The van der Waals surface area contributed by atoms with E-state index < -0.39 is 5.67 Å². The van der Waals surface area contributed by atoms with Gasteiger partial charge in [-0.1, -0.05) is 31.9 Å². The van der Waals surface area contributed by atoms with Crippen molar-refractivity contribution in [3.8, 4) is 0 Å². The molecule has 0 radical (unpaired) electrons. The second-order valence-corrected chi connectivity index (χ2v) is 5.99. The van der Waals surface area contributed by atoms with Gasteiger partial charge in [0, 0.05) is 6.08 Å². The first kappa shape index (κ1) is 18.9. The summed E-state index contributed by atoms with van der Waals surface area (Å²) in [5.74, 6) is 0.233. The zero-order valence-electron chi connectivity index (χ0n) is 13.5. The van der Waals surface area contributed by atoms with Crippen molar-refractivity contribution >= 4 is 5.97 Å². The van der Waals surface area contributed by atoms with Crippen LogP contribution in [0.15, 0.2) is 23.8 Å². The number of carbonyl (C=O) groups excluding carboxylic acids is 1. The monoisotopic (exact) mass is 284 g/mol. The van der Waals surface area contributed by atoms with E-state index in [4.69, 9.17) is 4.74 Å². The van der Waals surface area contributed by atoms with Crippen molar-refractivity contribution in [2.24, 2.45) is 5.92 Å². The molecule has 0 aromatic rings. The lowest BCUT2D eigenvalue weighted by Crippen LogP contribution is -2.11. The lowest BCUT2D eigenvalue weighted by Gasteiger charge is -2.15. The summed E-state index contributed by atoms with van der Waals surface area (Å²) in [4.78, 5) is 11.2. The average molecular weight is 284 g/mol. The summed E-state index contributed by atoms with van der Waals surface area (Å²) in [6, 6.07) is 0. The lowest BCUT2D eigenvalue weighted by molar-refractivity contribution is -0.137. The Bertz CT molecular complexity index is 337. The predicted octanol–water partition coefficient (Wildman–Crippen LogP) is 5.00. The van der Waals surface area contributed by atoms with Crippen LogP contribution >= 0.6 is 0 Å². The van der Waals surface area contributed by atoms with Gasteiger partial charge in [-0.25, -0.2) is 9.18 Å². The Morgan fingerprint density at radius 2 is 2.05 bits per heavy atom. The first-order valence-corrected chi connectivity index (χ1v) is 7.45. The van der Waals surface area contributed by atoms with Gasteiger partial charge in [0.05, 0.1) is 6.61 Å². The van der Waals surface area contributed by atoms with E-state index in [1.165, 1.54) is 6.08 Å². The van der Waals surface area contributed by atoms with Crippen LogP contribution < -0.4 is 0 Å². The van der Waals surface area contributed by atoms with Gasteiger partial charge in [0.1, 0.15) is 5.67 Å². The third kappa shape index (κ3) is 11.9. The van der Waals surface area contributed by atoms with Crippen LogP contribution in [-0.2, 0) is 9.53 Å². The van der Waals surface area contributed by atoms with Crippen molar-refractivity contribution in [2.75, 3.05) is 6.61 Å². The third-order valence-electron chi connectivity index (χ3n) is 3.02. The molecule has 0 aliphatic rings. The lowest BCUT2D eigenvalue weighted by atomic mass is 9.96. The first-order chi connectivity index (χ1) is 9.24. The van der Waals surface area contributed by atoms with Crippen molar-refractivity contribution in [1.29, 1.82) is 0 Å². The molecule has 0 aromatic carbocycles. The summed E-state index contributed by atoms with van der Waals surface area (Å²) < 4.78 is 18.2. The Hall–Kier alpha value is -1.12. The van der Waals surface area contributed by atoms with E-state index >= 15 is 0 Å². The number of carbonyl (C=O) groups is 1. The molecule has 2 nitrogen and oxygen atoms in total. The fourth-order valence-electron chi connectivity index (χ4n) is 1.89. The summed E-state index contributed by atoms with van der Waals surface area (Å²) in [6.07, 6.45) is 9.00. The molecule has 0 spiro atoms. The van der Waals surface area contributed by atoms with Crippen molar-refractivity contribution in [3.05, 3.63) is 23.8 Å². The maximum absolute atomic E-state index is 13.3. The molecule has 0 saturated carbocycles. The third-order valence-corrected chi connectivity index (χ3v) is 3.02. The molecule has 1 unspecified atom stereocenters. The van der Waals surface area contributed by atoms with Gasteiger partial charge in [0.15, 0.2) is 0 Å². The molecule has 0 heterocycles. The average Bonchev–Trinajstić information content (AvgIpc) is 2.27. The largest absolute Gasteiger partial charge is 0.463 e. The Kier molecular flexibility index (Phi) is 9.19. The molecule has 0 N–H and O–H groups in total. The zero-order chi connectivity index (χ0) is 15.6. The van der Waals surface area contributed by atoms with Crippen LogP contribution in [0.5, 0.6) is 0 Å². The number of halogens is 1. The number of allylic oxidation sites excluding steroid dienone is 3. The Labute approximate surface area is 123 Å². The molecule has 0 bridgehead atoms. The molecular formula is C17H29FO2. The minimum Gasteiger partial charge on any atom is -0.463 e. The summed E-state index contributed by atoms with van der Waals surface area (Å²) in [5.41, 5.74) is -0.172. The fourth-order valence-corrected chi connectivity index (χ4v) is 1.89. The molecule has 0 saturated heterocycles. The highest BCUT2D eigenvalue weighted by molar-refractivity contribution is 5.83. The van der Waals surface area contributed by atoms with Gasteiger partial charge >= 0.3 is 5.97 Å². The Morgan fingerprint density at radius 3 is 2.60 bits per heavy atom. The summed E-state index contributed by atoms with van der Waals surface area (Å²) in [7, 11) is 0. The second-order valence-electron chi connectivity index (χ2n) is 5.99. The minimum atomic E-state index is -1.06. The van der Waals surface area contributed by atoms with Crippen molar-refractivity contribution in [1.82, 2.24) is 0 Å². The van der Waals surface area contributed by atoms with Crippen molar-refractivity contribution < 1.29 is 13.9 Å². The molecular weight excluding hydrogens is 255 g/mol. The molecule has 0 aliphatic carbocycles. The SMILES string of the molecule is CCOC(=O)/C=C(C)/C=C/CC(C)CCCC(C)(C)F. The first-order valence-electron chi connectivity index (χ1n) is 7.45. The van der Waals surface area contributed by atoms with Gasteiger partial charge in [-0.15, -0.1) is 0 Å². The van der Waals surface area contributed by atoms with Crippen LogP contribution in [0.1, 0.15) is 60.3 Å². The van der Waals surface area contributed by atoms with Gasteiger partial charge in [0.25, 0.3) is 0 Å². The van der Waals surface area contributed by atoms with Crippen LogP contribution in [0.2, 0.25) is 0 Å². The Morgan fingerprint density at radius 1 is 1.40 bits per heavy atom. The minimum absolute atomic E-state index is 0.298. The summed E-state index contributed by atoms with van der Waals surface area (Å²) >= 11 is 0. The molecule has 3 heteroatoms. The fraction of sp³-hybridized carbons (Fsp3) is 0.706. The summed E-state index contributed by atoms with van der Waals surface area (Å²) in [6.45, 7) is 9.48. The van der Waals surface area contributed by atoms with Gasteiger partial charge in [0.2, 0.25) is 0 Å². The van der Waals surface area contributed by atoms with Crippen molar-refractivity contribution in [2.45, 2.75) is 66.0 Å². The number of ether oxygens (including phenoxy) is 1. The van der Waals surface area contributed by atoms with Gasteiger partial charge in [-0.2, -0.15) is 0 Å². The van der Waals surface area contributed by atoms with Gasteiger partial charge in [-0.05, 0) is 52.0 Å². The van der Waals surface area contributed by atoms with Gasteiger partial charge < -0.3 is 4.74 Å². The van der Waals surface area contributed by atoms with Crippen LogP contribution in [0, 0.1) is 5.92 Å². The molecule has 116 valence electrons. The van der Waals surface area contributed by atoms with Crippen LogP contribution in [0.4, 0.5) is 4.39 Å². The normalized spacial score (nSPS) is 14.6. The Balaban J connectivity index is 3.96. The topological polar surface area (TPSA) is 26.3 Å². The van der Waals surface area contributed by atoms with E-state index in [-0.39, 0.29) is 5.97 Å². The van der Waals surface area contributed by atoms with Crippen LogP contribution in [0.3, 0.4) is 0 Å². The van der Waals surface area contributed by atoms with Gasteiger partial charge in [-0.3, -0.25) is 0 Å². The highest BCUT2D eigenvalue weighted by Gasteiger charge is 2.14. The molecule has 1 atom stereocenters. The maximum atomic E-state index is 13.3. The number of hydrogen-bond acceptors (Lipinski definition) is 2. The summed E-state index contributed by atoms with van der Waals surface area (Å²) in [5, 5.41) is 0. The smallest absolute Gasteiger partial charge is 0.330 e. The molecule has 0 amide bonds.